The second-order valence-corrected chi connectivity index (χ2v) is 4.21. The number of rotatable bonds is 2. The standard InChI is InChI=1S/C13H15N/c1-3-11-8-13(11,9-14)12-7-5-4-6-10(12)2/h4-7,11H,3,8H2,1-2H3. The topological polar surface area (TPSA) is 23.8 Å². The van der Waals surface area contributed by atoms with Crippen molar-refractivity contribution in [2.45, 2.75) is 32.1 Å². The Morgan fingerprint density at radius 3 is 2.71 bits per heavy atom. The van der Waals surface area contributed by atoms with Gasteiger partial charge < -0.3 is 0 Å². The van der Waals surface area contributed by atoms with Gasteiger partial charge in [0.25, 0.3) is 0 Å². The Morgan fingerprint density at radius 2 is 2.21 bits per heavy atom. The van der Waals surface area contributed by atoms with Crippen molar-refractivity contribution in [3.63, 3.8) is 0 Å². The van der Waals surface area contributed by atoms with Crippen LogP contribution < -0.4 is 0 Å². The van der Waals surface area contributed by atoms with Crippen LogP contribution in [0.5, 0.6) is 0 Å². The van der Waals surface area contributed by atoms with E-state index in [9.17, 15) is 5.26 Å². The molecule has 0 spiro atoms. The minimum absolute atomic E-state index is 0.153. The summed E-state index contributed by atoms with van der Waals surface area (Å²) in [6.07, 6.45) is 2.16. The number of nitrogens with zero attached hydrogens (tertiary/aromatic N) is 1. The van der Waals surface area contributed by atoms with Crippen LogP contribution in [0.3, 0.4) is 0 Å². The highest BCUT2D eigenvalue weighted by Crippen LogP contribution is 2.56. The van der Waals surface area contributed by atoms with Crippen molar-refractivity contribution >= 4 is 0 Å². The van der Waals surface area contributed by atoms with E-state index in [0.29, 0.717) is 5.92 Å². The Bertz CT molecular complexity index is 388. The SMILES string of the molecule is CCC1CC1(C#N)c1ccccc1C. The monoisotopic (exact) mass is 185 g/mol. The fourth-order valence-electron chi connectivity index (χ4n) is 2.42. The van der Waals surface area contributed by atoms with Crippen LogP contribution in [0.25, 0.3) is 0 Å². The van der Waals surface area contributed by atoms with Gasteiger partial charge in [-0.3, -0.25) is 0 Å². The molecule has 0 amide bonds. The summed E-state index contributed by atoms with van der Waals surface area (Å²) in [5, 5.41) is 9.29. The third-order valence-corrected chi connectivity index (χ3v) is 3.42. The summed E-state index contributed by atoms with van der Waals surface area (Å²) < 4.78 is 0. The highest BCUT2D eigenvalue weighted by molar-refractivity contribution is 5.45. The van der Waals surface area contributed by atoms with E-state index in [0.717, 1.165) is 12.8 Å². The molecule has 1 aromatic rings. The van der Waals surface area contributed by atoms with Crippen molar-refractivity contribution in [1.82, 2.24) is 0 Å². The smallest absolute Gasteiger partial charge is 0.0856 e. The number of hydrogen-bond donors (Lipinski definition) is 0. The molecular formula is C13H15N. The van der Waals surface area contributed by atoms with Gasteiger partial charge >= 0.3 is 0 Å². The number of aryl methyl sites for hydroxylation is 1. The van der Waals surface area contributed by atoms with Crippen LogP contribution >= 0.6 is 0 Å². The molecule has 1 fully saturated rings. The summed E-state index contributed by atoms with van der Waals surface area (Å²) in [7, 11) is 0. The van der Waals surface area contributed by atoms with Crippen LogP contribution in [-0.4, -0.2) is 0 Å². The normalized spacial score (nSPS) is 29.6. The first kappa shape index (κ1) is 9.27. The number of benzene rings is 1. The summed E-state index contributed by atoms with van der Waals surface area (Å²) >= 11 is 0. The molecule has 1 aromatic carbocycles. The molecule has 1 aliphatic carbocycles. The number of nitriles is 1. The predicted molar refractivity (Wildman–Crippen MR) is 56.9 cm³/mol. The van der Waals surface area contributed by atoms with Crippen LogP contribution in [0.15, 0.2) is 24.3 Å². The van der Waals surface area contributed by atoms with Gasteiger partial charge in [0.1, 0.15) is 0 Å². The summed E-state index contributed by atoms with van der Waals surface area (Å²) in [6.45, 7) is 4.27. The Morgan fingerprint density at radius 1 is 1.50 bits per heavy atom. The maximum Gasteiger partial charge on any atom is 0.0856 e. The molecule has 1 nitrogen and oxygen atoms in total. The lowest BCUT2D eigenvalue weighted by molar-refractivity contribution is 0.698. The molecule has 0 aliphatic heterocycles. The molecule has 0 bridgehead atoms. The van der Waals surface area contributed by atoms with E-state index in [4.69, 9.17) is 0 Å². The lowest BCUT2D eigenvalue weighted by Crippen LogP contribution is -2.08. The van der Waals surface area contributed by atoms with E-state index in [1.807, 2.05) is 12.1 Å². The average Bonchev–Trinajstić information content (AvgIpc) is 2.93. The molecule has 2 atom stereocenters. The summed E-state index contributed by atoms with van der Waals surface area (Å²) in [4.78, 5) is 0. The highest BCUT2D eigenvalue weighted by Gasteiger charge is 2.55. The minimum atomic E-state index is -0.153. The Balaban J connectivity index is 2.41. The maximum atomic E-state index is 9.29. The molecule has 72 valence electrons. The van der Waals surface area contributed by atoms with Gasteiger partial charge in [0, 0.05) is 0 Å². The van der Waals surface area contributed by atoms with Gasteiger partial charge in [-0.15, -0.1) is 0 Å². The first-order valence-corrected chi connectivity index (χ1v) is 5.22. The van der Waals surface area contributed by atoms with E-state index in [2.05, 4.69) is 32.0 Å². The van der Waals surface area contributed by atoms with Gasteiger partial charge in [0.2, 0.25) is 0 Å². The quantitative estimate of drug-likeness (QED) is 0.694. The molecule has 1 aliphatic rings. The molecule has 1 heteroatoms. The Hall–Kier alpha value is -1.29. The van der Waals surface area contributed by atoms with Crippen LogP contribution in [-0.2, 0) is 5.41 Å². The molecule has 0 saturated heterocycles. The van der Waals surface area contributed by atoms with Gasteiger partial charge in [0.05, 0.1) is 11.5 Å². The van der Waals surface area contributed by atoms with Gasteiger partial charge in [-0.1, -0.05) is 37.6 Å². The number of hydrogen-bond acceptors (Lipinski definition) is 1. The maximum absolute atomic E-state index is 9.29. The van der Waals surface area contributed by atoms with Crippen molar-refractivity contribution in [2.75, 3.05) is 0 Å². The molecule has 14 heavy (non-hydrogen) atoms. The lowest BCUT2D eigenvalue weighted by Gasteiger charge is -2.11. The van der Waals surface area contributed by atoms with Crippen molar-refractivity contribution in [1.29, 1.82) is 5.26 Å². The van der Waals surface area contributed by atoms with Gasteiger partial charge in [-0.2, -0.15) is 5.26 Å². The van der Waals surface area contributed by atoms with Crippen LogP contribution in [0, 0.1) is 24.2 Å². The van der Waals surface area contributed by atoms with Crippen molar-refractivity contribution in [3.8, 4) is 6.07 Å². The highest BCUT2D eigenvalue weighted by atomic mass is 14.6. The van der Waals surface area contributed by atoms with Crippen LogP contribution in [0.4, 0.5) is 0 Å². The van der Waals surface area contributed by atoms with E-state index < -0.39 is 0 Å². The molecule has 0 radical (unpaired) electrons. The second-order valence-electron chi connectivity index (χ2n) is 4.21. The first-order valence-electron chi connectivity index (χ1n) is 5.22. The zero-order valence-electron chi connectivity index (χ0n) is 8.75. The van der Waals surface area contributed by atoms with Crippen molar-refractivity contribution in [2.24, 2.45) is 5.92 Å². The van der Waals surface area contributed by atoms with E-state index in [1.54, 1.807) is 0 Å². The van der Waals surface area contributed by atoms with Crippen molar-refractivity contribution < 1.29 is 0 Å². The predicted octanol–water partition coefficient (Wildman–Crippen LogP) is 3.19. The zero-order chi connectivity index (χ0) is 10.2. The van der Waals surface area contributed by atoms with Gasteiger partial charge in [0.15, 0.2) is 0 Å². The van der Waals surface area contributed by atoms with Gasteiger partial charge in [-0.05, 0) is 30.4 Å². The van der Waals surface area contributed by atoms with E-state index >= 15 is 0 Å². The molecule has 0 heterocycles. The third-order valence-electron chi connectivity index (χ3n) is 3.42. The minimum Gasteiger partial charge on any atom is -0.197 e. The Kier molecular flexibility index (Phi) is 2.07. The fourth-order valence-corrected chi connectivity index (χ4v) is 2.42. The molecule has 1 saturated carbocycles. The third kappa shape index (κ3) is 1.14. The Labute approximate surface area is 85.4 Å². The first-order chi connectivity index (χ1) is 6.74. The van der Waals surface area contributed by atoms with E-state index in [1.165, 1.54) is 11.1 Å². The lowest BCUT2D eigenvalue weighted by atomic mass is 9.90. The molecule has 0 N–H and O–H groups in total. The molecular weight excluding hydrogens is 170 g/mol. The zero-order valence-corrected chi connectivity index (χ0v) is 8.75. The van der Waals surface area contributed by atoms with E-state index in [-0.39, 0.29) is 5.41 Å². The molecule has 2 rings (SSSR count). The second kappa shape index (κ2) is 3.13. The van der Waals surface area contributed by atoms with Crippen LogP contribution in [0.2, 0.25) is 0 Å². The molecule has 2 unspecified atom stereocenters. The van der Waals surface area contributed by atoms with Crippen molar-refractivity contribution in [3.05, 3.63) is 35.4 Å². The summed E-state index contributed by atoms with van der Waals surface area (Å²) in [5.41, 5.74) is 2.35. The average molecular weight is 185 g/mol. The largest absolute Gasteiger partial charge is 0.197 e. The van der Waals surface area contributed by atoms with Crippen LogP contribution in [0.1, 0.15) is 30.9 Å². The molecule has 0 aromatic heterocycles. The summed E-state index contributed by atoms with van der Waals surface area (Å²) in [6, 6.07) is 10.8. The summed E-state index contributed by atoms with van der Waals surface area (Å²) in [5.74, 6) is 0.577. The fraction of sp³-hybridized carbons (Fsp3) is 0.462. The van der Waals surface area contributed by atoms with Gasteiger partial charge in [-0.25, -0.2) is 0 Å².